The van der Waals surface area contributed by atoms with E-state index in [1.54, 1.807) is 24.6 Å². The van der Waals surface area contributed by atoms with Crippen molar-refractivity contribution in [1.29, 1.82) is 0 Å². The van der Waals surface area contributed by atoms with E-state index in [0.717, 1.165) is 18.5 Å². The molecule has 8 heteroatoms. The van der Waals surface area contributed by atoms with E-state index in [0.29, 0.717) is 16.7 Å². The van der Waals surface area contributed by atoms with Crippen LogP contribution in [0.2, 0.25) is 0 Å². The Labute approximate surface area is 158 Å². The molecule has 0 saturated carbocycles. The first-order chi connectivity index (χ1) is 12.5. The van der Waals surface area contributed by atoms with Gasteiger partial charge in [0.1, 0.15) is 4.21 Å². The summed E-state index contributed by atoms with van der Waals surface area (Å²) in [5.74, 6) is 0.311. The van der Waals surface area contributed by atoms with E-state index >= 15 is 0 Å². The van der Waals surface area contributed by atoms with Crippen LogP contribution in [-0.2, 0) is 22.9 Å². The summed E-state index contributed by atoms with van der Waals surface area (Å²) < 4.78 is 26.4. The Bertz CT molecular complexity index is 877. The minimum atomic E-state index is -3.44. The predicted molar refractivity (Wildman–Crippen MR) is 107 cm³/mol. The van der Waals surface area contributed by atoms with E-state index in [9.17, 15) is 8.42 Å². The van der Waals surface area contributed by atoms with Gasteiger partial charge in [-0.1, -0.05) is 18.2 Å². The minimum absolute atomic E-state index is 0.273. The molecular formula is C18H24N4O2S2. The van der Waals surface area contributed by atoms with Crippen LogP contribution >= 0.6 is 11.3 Å². The topological polar surface area (TPSA) is 87.8 Å². The first-order valence-electron chi connectivity index (χ1n) is 8.66. The van der Waals surface area contributed by atoms with Crippen LogP contribution in [0.1, 0.15) is 24.0 Å². The van der Waals surface area contributed by atoms with Crippen molar-refractivity contribution in [3.05, 3.63) is 46.8 Å². The molecule has 2 aromatic rings. The van der Waals surface area contributed by atoms with Gasteiger partial charge in [-0.15, -0.1) is 11.3 Å². The smallest absolute Gasteiger partial charge is 0.252 e. The Hall–Kier alpha value is -1.90. The molecule has 3 rings (SSSR count). The summed E-state index contributed by atoms with van der Waals surface area (Å²) in [5.41, 5.74) is 9.69. The summed E-state index contributed by atoms with van der Waals surface area (Å²) >= 11 is 1.21. The van der Waals surface area contributed by atoms with E-state index in [1.165, 1.54) is 39.6 Å². The Kier molecular flexibility index (Phi) is 5.95. The molecule has 1 heterocycles. The molecule has 0 atom stereocenters. The zero-order valence-corrected chi connectivity index (χ0v) is 16.4. The van der Waals surface area contributed by atoms with Gasteiger partial charge < -0.3 is 11.1 Å². The van der Waals surface area contributed by atoms with Crippen LogP contribution in [0.25, 0.3) is 0 Å². The van der Waals surface area contributed by atoms with Gasteiger partial charge in [0.15, 0.2) is 5.96 Å². The number of hydrogen-bond acceptors (Lipinski definition) is 4. The summed E-state index contributed by atoms with van der Waals surface area (Å²) in [7, 11) is -1.89. The zero-order chi connectivity index (χ0) is 18.6. The van der Waals surface area contributed by atoms with Crippen LogP contribution in [0, 0.1) is 0 Å². The molecule has 26 heavy (non-hydrogen) atoms. The maximum atomic E-state index is 12.4. The fraction of sp³-hybridized carbons (Fsp3) is 0.389. The Morgan fingerprint density at radius 3 is 2.85 bits per heavy atom. The molecule has 0 aliphatic heterocycles. The number of guanidine groups is 1. The monoisotopic (exact) mass is 392 g/mol. The van der Waals surface area contributed by atoms with E-state index in [-0.39, 0.29) is 6.54 Å². The summed E-state index contributed by atoms with van der Waals surface area (Å²) in [6.07, 6.45) is 4.57. The Morgan fingerprint density at radius 2 is 2.08 bits per heavy atom. The highest BCUT2D eigenvalue weighted by atomic mass is 32.2. The van der Waals surface area contributed by atoms with Gasteiger partial charge in [0.2, 0.25) is 0 Å². The number of thiophene rings is 1. The van der Waals surface area contributed by atoms with Gasteiger partial charge in [0, 0.05) is 19.3 Å². The maximum Gasteiger partial charge on any atom is 0.252 e. The molecule has 1 aromatic carbocycles. The lowest BCUT2D eigenvalue weighted by molar-refractivity contribution is 0.479. The number of benzene rings is 1. The van der Waals surface area contributed by atoms with Crippen LogP contribution in [0.5, 0.6) is 0 Å². The van der Waals surface area contributed by atoms with Crippen molar-refractivity contribution >= 4 is 33.0 Å². The normalized spacial score (nSPS) is 15.1. The van der Waals surface area contributed by atoms with Crippen molar-refractivity contribution < 1.29 is 8.42 Å². The number of aryl methyl sites for hydroxylation is 1. The van der Waals surface area contributed by atoms with Crippen molar-refractivity contribution in [1.82, 2.24) is 4.31 Å². The van der Waals surface area contributed by atoms with Crippen molar-refractivity contribution in [3.8, 4) is 0 Å². The third-order valence-electron chi connectivity index (χ3n) is 4.52. The molecule has 0 amide bonds. The molecule has 0 radical (unpaired) electrons. The predicted octanol–water partition coefficient (Wildman–Crippen LogP) is 2.67. The molecule has 140 valence electrons. The number of nitrogens with zero attached hydrogens (tertiary/aromatic N) is 2. The number of hydrogen-bond donors (Lipinski definition) is 2. The van der Waals surface area contributed by atoms with Crippen LogP contribution in [0.4, 0.5) is 5.69 Å². The minimum Gasteiger partial charge on any atom is -0.370 e. The van der Waals surface area contributed by atoms with E-state index in [2.05, 4.69) is 16.4 Å². The number of sulfonamides is 1. The lowest BCUT2D eigenvalue weighted by Crippen LogP contribution is -2.30. The third kappa shape index (κ3) is 4.25. The van der Waals surface area contributed by atoms with Gasteiger partial charge >= 0.3 is 0 Å². The van der Waals surface area contributed by atoms with Crippen molar-refractivity contribution in [3.63, 3.8) is 0 Å². The average Bonchev–Trinajstić information content (AvgIpc) is 3.17. The second-order valence-electron chi connectivity index (χ2n) is 6.30. The fourth-order valence-corrected chi connectivity index (χ4v) is 5.43. The van der Waals surface area contributed by atoms with Crippen LogP contribution in [0.3, 0.4) is 0 Å². The number of aliphatic imine (C=N–C) groups is 1. The Balaban J connectivity index is 1.59. The summed E-state index contributed by atoms with van der Waals surface area (Å²) in [6.45, 7) is 0.574. The quantitative estimate of drug-likeness (QED) is 0.584. The molecule has 1 aliphatic carbocycles. The molecule has 0 fully saturated rings. The van der Waals surface area contributed by atoms with Crippen LogP contribution in [-0.4, -0.2) is 38.8 Å². The maximum absolute atomic E-state index is 12.4. The first-order valence-corrected chi connectivity index (χ1v) is 11.0. The highest BCUT2D eigenvalue weighted by Crippen LogP contribution is 2.27. The van der Waals surface area contributed by atoms with Crippen molar-refractivity contribution in [2.45, 2.75) is 29.9 Å². The Morgan fingerprint density at radius 1 is 1.27 bits per heavy atom. The second kappa shape index (κ2) is 8.20. The van der Waals surface area contributed by atoms with Gasteiger partial charge in [0.25, 0.3) is 10.0 Å². The third-order valence-corrected chi connectivity index (χ3v) is 7.75. The highest BCUT2D eigenvalue weighted by Gasteiger charge is 2.21. The van der Waals surface area contributed by atoms with Gasteiger partial charge in [-0.3, -0.25) is 4.99 Å². The largest absolute Gasteiger partial charge is 0.370 e. The molecule has 0 spiro atoms. The molecule has 0 saturated heterocycles. The molecule has 3 N–H and O–H groups in total. The second-order valence-corrected chi connectivity index (χ2v) is 9.52. The number of fused-ring (bicyclic) bond motifs is 1. The number of rotatable bonds is 6. The van der Waals surface area contributed by atoms with Crippen molar-refractivity contribution in [2.75, 3.05) is 25.5 Å². The standard InChI is InChI=1S/C18H24N4O2S2/c1-22(26(23,24)17-10-5-13-25-17)12-11-20-18(19)21-16-9-4-7-14-6-2-3-8-15(14)16/h4-5,7,9-10,13H,2-3,6,8,11-12H2,1H3,(H3,19,20,21). The van der Waals surface area contributed by atoms with Gasteiger partial charge in [0.05, 0.1) is 6.54 Å². The van der Waals surface area contributed by atoms with E-state index in [4.69, 9.17) is 5.73 Å². The van der Waals surface area contributed by atoms with Crippen molar-refractivity contribution in [2.24, 2.45) is 10.7 Å². The van der Waals surface area contributed by atoms with Crippen LogP contribution < -0.4 is 11.1 Å². The summed E-state index contributed by atoms with van der Waals surface area (Å²) in [4.78, 5) is 4.28. The molecule has 6 nitrogen and oxygen atoms in total. The van der Waals surface area contributed by atoms with E-state index < -0.39 is 10.0 Å². The number of nitrogens with one attached hydrogen (secondary N) is 1. The molecule has 0 unspecified atom stereocenters. The molecule has 1 aliphatic rings. The number of likely N-dealkylation sites (N-methyl/N-ethyl adjacent to an activating group) is 1. The summed E-state index contributed by atoms with van der Waals surface area (Å²) in [6, 6.07) is 9.54. The number of nitrogens with two attached hydrogens (primary N) is 1. The highest BCUT2D eigenvalue weighted by molar-refractivity contribution is 7.91. The lowest BCUT2D eigenvalue weighted by Gasteiger charge is -2.20. The fourth-order valence-electron chi connectivity index (χ4n) is 3.07. The van der Waals surface area contributed by atoms with Gasteiger partial charge in [-0.25, -0.2) is 8.42 Å². The van der Waals surface area contributed by atoms with Crippen LogP contribution in [0.15, 0.2) is 44.9 Å². The average molecular weight is 393 g/mol. The molecule has 1 aromatic heterocycles. The molecular weight excluding hydrogens is 368 g/mol. The SMILES string of the molecule is CN(CCN=C(N)Nc1cccc2c1CCCC2)S(=O)(=O)c1cccs1. The zero-order valence-electron chi connectivity index (χ0n) is 14.8. The lowest BCUT2D eigenvalue weighted by atomic mass is 9.90. The van der Waals surface area contributed by atoms with E-state index in [1.807, 2.05) is 12.1 Å². The summed E-state index contributed by atoms with van der Waals surface area (Å²) in [5, 5.41) is 4.92. The number of anilines is 1. The van der Waals surface area contributed by atoms with Gasteiger partial charge in [-0.05, 0) is 54.3 Å². The first kappa shape index (κ1) is 18.9. The van der Waals surface area contributed by atoms with Gasteiger partial charge in [-0.2, -0.15) is 4.31 Å². The molecule has 0 bridgehead atoms.